The second-order valence-electron chi connectivity index (χ2n) is 4.28. The Hall–Kier alpha value is -0.830. The maximum atomic E-state index is 5.86. The third-order valence-corrected chi connectivity index (χ3v) is 3.62. The first-order chi connectivity index (χ1) is 8.65. The summed E-state index contributed by atoms with van der Waals surface area (Å²) in [6.07, 6.45) is 0. The van der Waals surface area contributed by atoms with Gasteiger partial charge in [-0.2, -0.15) is 0 Å². The molecule has 0 aliphatic carbocycles. The summed E-state index contributed by atoms with van der Waals surface area (Å²) < 4.78 is 1.11. The summed E-state index contributed by atoms with van der Waals surface area (Å²) in [6, 6.07) is 16.6. The topological polar surface area (TPSA) is 12.0 Å². The Kier molecular flexibility index (Phi) is 4.81. The molecule has 2 rings (SSSR count). The fourth-order valence-electron chi connectivity index (χ4n) is 1.77. The molecule has 2 aromatic carbocycles. The number of hydrogen-bond acceptors (Lipinski definition) is 1. The monoisotopic (exact) mass is 323 g/mol. The summed E-state index contributed by atoms with van der Waals surface area (Å²) in [5, 5.41) is 4.27. The smallest absolute Gasteiger partial charge is 0.0406 e. The van der Waals surface area contributed by atoms with Gasteiger partial charge in [0.25, 0.3) is 0 Å². The Morgan fingerprint density at radius 1 is 1.17 bits per heavy atom. The highest BCUT2D eigenvalue weighted by Crippen LogP contribution is 2.18. The van der Waals surface area contributed by atoms with Crippen LogP contribution in [0.5, 0.6) is 0 Å². The molecule has 0 saturated carbocycles. The van der Waals surface area contributed by atoms with E-state index in [0.29, 0.717) is 6.04 Å². The highest BCUT2D eigenvalue weighted by molar-refractivity contribution is 9.10. The minimum Gasteiger partial charge on any atom is -0.306 e. The van der Waals surface area contributed by atoms with Crippen LogP contribution in [0.1, 0.15) is 24.1 Å². The molecule has 1 N–H and O–H groups in total. The first-order valence-electron chi connectivity index (χ1n) is 5.88. The van der Waals surface area contributed by atoms with Crippen LogP contribution >= 0.6 is 27.5 Å². The number of halogens is 2. The molecule has 0 heterocycles. The van der Waals surface area contributed by atoms with Crippen LogP contribution in [0.25, 0.3) is 0 Å². The Balaban J connectivity index is 1.96. The van der Waals surface area contributed by atoms with E-state index < -0.39 is 0 Å². The highest BCUT2D eigenvalue weighted by Gasteiger charge is 2.04. The third-order valence-electron chi connectivity index (χ3n) is 2.87. The molecule has 0 radical (unpaired) electrons. The van der Waals surface area contributed by atoms with Gasteiger partial charge in [-0.1, -0.05) is 51.8 Å². The van der Waals surface area contributed by atoms with Gasteiger partial charge < -0.3 is 5.32 Å². The van der Waals surface area contributed by atoms with Crippen molar-refractivity contribution >= 4 is 27.5 Å². The van der Waals surface area contributed by atoms with Crippen LogP contribution in [0.15, 0.2) is 53.0 Å². The maximum Gasteiger partial charge on any atom is 0.0406 e. The predicted octanol–water partition coefficient (Wildman–Crippen LogP) is 4.95. The Labute approximate surface area is 121 Å². The molecule has 94 valence electrons. The van der Waals surface area contributed by atoms with E-state index in [9.17, 15) is 0 Å². The van der Waals surface area contributed by atoms with E-state index in [0.717, 1.165) is 16.0 Å². The van der Waals surface area contributed by atoms with Crippen molar-refractivity contribution in [3.63, 3.8) is 0 Å². The van der Waals surface area contributed by atoms with Gasteiger partial charge in [0.1, 0.15) is 0 Å². The van der Waals surface area contributed by atoms with Crippen LogP contribution in [-0.4, -0.2) is 0 Å². The summed E-state index contributed by atoms with van der Waals surface area (Å²) in [5.74, 6) is 0. The molecule has 0 aliphatic heterocycles. The van der Waals surface area contributed by atoms with Crippen molar-refractivity contribution in [1.29, 1.82) is 0 Å². The maximum absolute atomic E-state index is 5.86. The van der Waals surface area contributed by atoms with E-state index in [1.165, 1.54) is 11.1 Å². The van der Waals surface area contributed by atoms with Crippen molar-refractivity contribution in [2.24, 2.45) is 0 Å². The quantitative estimate of drug-likeness (QED) is 0.838. The molecule has 0 fully saturated rings. The molecule has 2 aromatic rings. The van der Waals surface area contributed by atoms with E-state index in [-0.39, 0.29) is 0 Å². The van der Waals surface area contributed by atoms with E-state index >= 15 is 0 Å². The molecular weight excluding hydrogens is 310 g/mol. The number of nitrogens with one attached hydrogen (secondary N) is 1. The number of hydrogen-bond donors (Lipinski definition) is 1. The average Bonchev–Trinajstić information content (AvgIpc) is 2.38. The molecule has 0 aromatic heterocycles. The molecule has 0 saturated heterocycles. The van der Waals surface area contributed by atoms with Gasteiger partial charge in [-0.25, -0.2) is 0 Å². The lowest BCUT2D eigenvalue weighted by Crippen LogP contribution is -2.17. The number of rotatable bonds is 4. The van der Waals surface area contributed by atoms with Gasteiger partial charge >= 0.3 is 0 Å². The number of benzene rings is 2. The molecule has 1 atom stereocenters. The van der Waals surface area contributed by atoms with Crippen LogP contribution in [0.2, 0.25) is 5.02 Å². The minimum absolute atomic E-state index is 0.318. The second kappa shape index (κ2) is 6.37. The summed E-state index contributed by atoms with van der Waals surface area (Å²) in [4.78, 5) is 0. The molecular formula is C15H15BrClN. The SMILES string of the molecule is CC(NCc1ccc(Cl)cc1)c1cccc(Br)c1. The molecule has 18 heavy (non-hydrogen) atoms. The Morgan fingerprint density at radius 2 is 1.89 bits per heavy atom. The Morgan fingerprint density at radius 3 is 2.56 bits per heavy atom. The predicted molar refractivity (Wildman–Crippen MR) is 80.8 cm³/mol. The first-order valence-corrected chi connectivity index (χ1v) is 7.05. The largest absolute Gasteiger partial charge is 0.306 e. The van der Waals surface area contributed by atoms with Crippen molar-refractivity contribution in [3.05, 3.63) is 69.2 Å². The van der Waals surface area contributed by atoms with Crippen molar-refractivity contribution in [3.8, 4) is 0 Å². The lowest BCUT2D eigenvalue weighted by Gasteiger charge is -2.14. The molecule has 0 spiro atoms. The lowest BCUT2D eigenvalue weighted by atomic mass is 10.1. The molecule has 0 aliphatic rings. The van der Waals surface area contributed by atoms with Gasteiger partial charge in [-0.15, -0.1) is 0 Å². The van der Waals surface area contributed by atoms with Crippen molar-refractivity contribution < 1.29 is 0 Å². The second-order valence-corrected chi connectivity index (χ2v) is 5.64. The van der Waals surface area contributed by atoms with Crippen LogP contribution in [0.4, 0.5) is 0 Å². The molecule has 0 amide bonds. The van der Waals surface area contributed by atoms with Gasteiger partial charge in [-0.05, 0) is 42.3 Å². The fraction of sp³-hybridized carbons (Fsp3) is 0.200. The van der Waals surface area contributed by atoms with Crippen molar-refractivity contribution in [2.45, 2.75) is 19.5 Å². The van der Waals surface area contributed by atoms with Crippen LogP contribution in [0.3, 0.4) is 0 Å². The van der Waals surface area contributed by atoms with Crippen molar-refractivity contribution in [1.82, 2.24) is 5.32 Å². The highest BCUT2D eigenvalue weighted by atomic mass is 79.9. The standard InChI is InChI=1S/C15H15BrClN/c1-11(13-3-2-4-14(16)9-13)18-10-12-5-7-15(17)8-6-12/h2-9,11,18H,10H2,1H3. The lowest BCUT2D eigenvalue weighted by molar-refractivity contribution is 0.574. The van der Waals surface area contributed by atoms with Crippen molar-refractivity contribution in [2.75, 3.05) is 0 Å². The van der Waals surface area contributed by atoms with E-state index in [1.807, 2.05) is 30.3 Å². The molecule has 1 unspecified atom stereocenters. The van der Waals surface area contributed by atoms with Crippen LogP contribution in [-0.2, 0) is 6.54 Å². The zero-order valence-corrected chi connectivity index (χ0v) is 12.5. The third kappa shape index (κ3) is 3.84. The van der Waals surface area contributed by atoms with Gasteiger partial charge in [0.05, 0.1) is 0 Å². The molecule has 0 bridgehead atoms. The summed E-state index contributed by atoms with van der Waals surface area (Å²) >= 11 is 9.35. The molecule has 3 heteroatoms. The summed E-state index contributed by atoms with van der Waals surface area (Å²) in [7, 11) is 0. The first kappa shape index (κ1) is 13.6. The van der Waals surface area contributed by atoms with Gasteiger partial charge in [0, 0.05) is 22.1 Å². The van der Waals surface area contributed by atoms with Gasteiger partial charge in [-0.3, -0.25) is 0 Å². The minimum atomic E-state index is 0.318. The van der Waals surface area contributed by atoms with Crippen LogP contribution in [0, 0.1) is 0 Å². The van der Waals surface area contributed by atoms with E-state index in [1.54, 1.807) is 0 Å². The van der Waals surface area contributed by atoms with Crippen LogP contribution < -0.4 is 5.32 Å². The normalized spacial score (nSPS) is 12.4. The van der Waals surface area contributed by atoms with Gasteiger partial charge in [0.15, 0.2) is 0 Å². The average molecular weight is 325 g/mol. The van der Waals surface area contributed by atoms with Gasteiger partial charge in [0.2, 0.25) is 0 Å². The Bertz CT molecular complexity index is 510. The summed E-state index contributed by atoms with van der Waals surface area (Å²) in [5.41, 5.74) is 2.51. The fourth-order valence-corrected chi connectivity index (χ4v) is 2.31. The zero-order valence-electron chi connectivity index (χ0n) is 10.2. The summed E-state index contributed by atoms with van der Waals surface area (Å²) in [6.45, 7) is 3.00. The molecule has 1 nitrogen and oxygen atoms in total. The van der Waals surface area contributed by atoms with E-state index in [2.05, 4.69) is 46.4 Å². The zero-order chi connectivity index (χ0) is 13.0. The van der Waals surface area contributed by atoms with E-state index in [4.69, 9.17) is 11.6 Å².